The van der Waals surface area contributed by atoms with Crippen molar-refractivity contribution in [3.05, 3.63) is 70.9 Å². The number of ketones is 1. The Morgan fingerprint density at radius 2 is 2.03 bits per heavy atom. The van der Waals surface area contributed by atoms with Crippen molar-refractivity contribution in [1.82, 2.24) is 9.47 Å². The molecule has 1 saturated heterocycles. The van der Waals surface area contributed by atoms with Gasteiger partial charge in [0.05, 0.1) is 24.8 Å². The first-order valence-electron chi connectivity index (χ1n) is 10.6. The summed E-state index contributed by atoms with van der Waals surface area (Å²) >= 11 is 0. The number of Topliss-reactive ketones (excluding diaryl/α,β-unsaturated/α-hetero) is 1. The number of methoxy groups -OCH3 is 1. The minimum atomic E-state index is -0.708. The zero-order valence-electron chi connectivity index (χ0n) is 18.0. The van der Waals surface area contributed by atoms with Gasteiger partial charge in [-0.15, -0.1) is 0 Å². The fourth-order valence-electron chi connectivity index (χ4n) is 4.70. The minimum absolute atomic E-state index is 0.0984. The number of aromatic nitrogens is 1. The molecule has 2 aliphatic heterocycles. The Morgan fingerprint density at radius 1 is 1.22 bits per heavy atom. The van der Waals surface area contributed by atoms with Crippen LogP contribution in [0.3, 0.4) is 0 Å². The van der Waals surface area contributed by atoms with Gasteiger partial charge in [0.1, 0.15) is 11.5 Å². The predicted octanol–water partition coefficient (Wildman–Crippen LogP) is 3.18. The van der Waals surface area contributed by atoms with Gasteiger partial charge in [-0.25, -0.2) is 0 Å². The van der Waals surface area contributed by atoms with Crippen LogP contribution >= 0.6 is 0 Å². The molecular formula is C25H24N2O5. The van der Waals surface area contributed by atoms with Gasteiger partial charge < -0.3 is 24.0 Å². The van der Waals surface area contributed by atoms with E-state index in [1.54, 1.807) is 19.2 Å². The number of likely N-dealkylation sites (tertiary alicyclic amines) is 1. The monoisotopic (exact) mass is 432 g/mol. The Hall–Kier alpha value is -3.58. The van der Waals surface area contributed by atoms with Crippen LogP contribution in [0.2, 0.25) is 0 Å². The average Bonchev–Trinajstić information content (AvgIpc) is 3.47. The van der Waals surface area contributed by atoms with E-state index in [0.717, 1.165) is 34.2 Å². The van der Waals surface area contributed by atoms with Crippen molar-refractivity contribution in [3.8, 4) is 5.75 Å². The van der Waals surface area contributed by atoms with E-state index in [9.17, 15) is 14.7 Å². The normalized spacial score (nSPS) is 19.6. The number of rotatable bonds is 5. The third-order valence-corrected chi connectivity index (χ3v) is 6.26. The molecule has 1 N–H and O–H groups in total. The second kappa shape index (κ2) is 7.84. The van der Waals surface area contributed by atoms with E-state index in [2.05, 4.69) is 0 Å². The van der Waals surface area contributed by atoms with E-state index in [1.165, 1.54) is 4.90 Å². The summed E-state index contributed by atoms with van der Waals surface area (Å²) in [6.45, 7) is 1.12. The Labute approximate surface area is 185 Å². The third-order valence-electron chi connectivity index (χ3n) is 6.26. The number of hydrogen-bond donors (Lipinski definition) is 1. The summed E-state index contributed by atoms with van der Waals surface area (Å²) in [6.07, 6.45) is 2.66. The maximum Gasteiger partial charge on any atom is 0.295 e. The number of fused-ring (bicyclic) bond motifs is 2. The Morgan fingerprint density at radius 3 is 2.84 bits per heavy atom. The maximum absolute atomic E-state index is 13.2. The van der Waals surface area contributed by atoms with Crippen LogP contribution in [0.5, 0.6) is 5.75 Å². The molecule has 7 nitrogen and oxygen atoms in total. The molecule has 0 bridgehead atoms. The number of aliphatic hydroxyl groups is 1. The predicted molar refractivity (Wildman–Crippen MR) is 119 cm³/mol. The zero-order valence-corrected chi connectivity index (χ0v) is 18.0. The molecule has 1 atom stereocenters. The van der Waals surface area contributed by atoms with Crippen LogP contribution in [-0.2, 0) is 27.8 Å². The minimum Gasteiger partial charge on any atom is -0.507 e. The largest absolute Gasteiger partial charge is 0.507 e. The number of aryl methyl sites for hydroxylation is 1. The topological polar surface area (TPSA) is 81.0 Å². The molecule has 0 radical (unpaired) electrons. The van der Waals surface area contributed by atoms with Crippen LogP contribution in [0.1, 0.15) is 22.7 Å². The highest BCUT2D eigenvalue weighted by Gasteiger charge is 2.46. The lowest BCUT2D eigenvalue weighted by molar-refractivity contribution is -0.140. The fraction of sp³-hybridized carbons (Fsp3) is 0.280. The number of benzene rings is 2. The molecule has 32 heavy (non-hydrogen) atoms. The highest BCUT2D eigenvalue weighted by atomic mass is 16.5. The number of amides is 1. The van der Waals surface area contributed by atoms with Gasteiger partial charge in [0.25, 0.3) is 11.7 Å². The number of aliphatic hydroxyl groups excluding tert-OH is 1. The number of para-hydroxylation sites is 1. The number of carbonyl (C=O) groups excluding carboxylic acids is 2. The van der Waals surface area contributed by atoms with E-state index in [-0.39, 0.29) is 24.5 Å². The molecule has 2 aromatic carbocycles. The Bertz CT molecular complexity index is 1270. The first kappa shape index (κ1) is 20.3. The first-order chi connectivity index (χ1) is 15.5. The molecule has 1 fully saturated rings. The molecule has 1 amide bonds. The van der Waals surface area contributed by atoms with Crippen molar-refractivity contribution < 1.29 is 24.2 Å². The fourth-order valence-corrected chi connectivity index (χ4v) is 4.70. The smallest absolute Gasteiger partial charge is 0.295 e. The molecule has 1 aromatic heterocycles. The van der Waals surface area contributed by atoms with E-state index in [4.69, 9.17) is 9.47 Å². The second-order valence-corrected chi connectivity index (χ2v) is 8.12. The van der Waals surface area contributed by atoms with Crippen LogP contribution in [0.25, 0.3) is 16.7 Å². The van der Waals surface area contributed by atoms with Crippen LogP contribution in [0.4, 0.5) is 0 Å². The first-order valence-corrected chi connectivity index (χ1v) is 10.6. The van der Waals surface area contributed by atoms with Gasteiger partial charge >= 0.3 is 0 Å². The molecule has 3 heterocycles. The summed E-state index contributed by atoms with van der Waals surface area (Å²) in [7, 11) is 3.48. The van der Waals surface area contributed by atoms with Crippen molar-refractivity contribution in [2.24, 2.45) is 7.05 Å². The molecule has 0 spiro atoms. The maximum atomic E-state index is 13.2. The average molecular weight is 432 g/mol. The van der Waals surface area contributed by atoms with E-state index < -0.39 is 17.7 Å². The number of hydrogen-bond acceptors (Lipinski definition) is 5. The lowest BCUT2D eigenvalue weighted by Gasteiger charge is -2.24. The van der Waals surface area contributed by atoms with Crippen LogP contribution in [0, 0.1) is 0 Å². The summed E-state index contributed by atoms with van der Waals surface area (Å²) < 4.78 is 12.7. The van der Waals surface area contributed by atoms with Crippen molar-refractivity contribution in [1.29, 1.82) is 0 Å². The summed E-state index contributed by atoms with van der Waals surface area (Å²) in [4.78, 5) is 27.7. The van der Waals surface area contributed by atoms with Gasteiger partial charge in [-0.05, 0) is 29.8 Å². The summed E-state index contributed by atoms with van der Waals surface area (Å²) in [6, 6.07) is 12.5. The standard InChI is InChI=1S/C25H24N2O5/c1-26-14-18(17-5-3-4-6-19(17)26)22-21(24(29)25(30)27(22)10-12-31-2)23(28)16-7-8-20-15(13-16)9-11-32-20/h3-8,13-14,22,28H,9-12H2,1-2H3/b23-21+. The molecule has 0 saturated carbocycles. The van der Waals surface area contributed by atoms with E-state index >= 15 is 0 Å². The summed E-state index contributed by atoms with van der Waals surface area (Å²) in [5.74, 6) is -0.706. The molecular weight excluding hydrogens is 408 g/mol. The van der Waals surface area contributed by atoms with Gasteiger partial charge in [0.2, 0.25) is 0 Å². The van der Waals surface area contributed by atoms with Crippen LogP contribution < -0.4 is 4.74 Å². The lowest BCUT2D eigenvalue weighted by atomic mass is 9.94. The third kappa shape index (κ3) is 3.08. The molecule has 2 aliphatic rings. The van der Waals surface area contributed by atoms with Crippen molar-refractivity contribution in [2.45, 2.75) is 12.5 Å². The molecule has 0 aliphatic carbocycles. The number of ether oxygens (including phenoxy) is 2. The Kier molecular flexibility index (Phi) is 4.98. The van der Waals surface area contributed by atoms with Crippen LogP contribution in [0.15, 0.2) is 54.2 Å². The van der Waals surface area contributed by atoms with Gasteiger partial charge in [-0.3, -0.25) is 9.59 Å². The number of carbonyl (C=O) groups is 2. The zero-order chi connectivity index (χ0) is 22.4. The molecule has 5 rings (SSSR count). The van der Waals surface area contributed by atoms with Gasteiger partial charge in [0.15, 0.2) is 0 Å². The summed E-state index contributed by atoms with van der Waals surface area (Å²) in [5.41, 5.74) is 3.36. The van der Waals surface area contributed by atoms with E-state index in [1.807, 2.05) is 48.1 Å². The SMILES string of the molecule is COCCN1C(=O)C(=O)/C(=C(/O)c2ccc3c(c2)CCO3)C1c1cn(C)c2ccccc12. The molecule has 7 heteroatoms. The Balaban J connectivity index is 1.71. The lowest BCUT2D eigenvalue weighted by Crippen LogP contribution is -2.32. The second-order valence-electron chi connectivity index (χ2n) is 8.12. The van der Waals surface area contributed by atoms with Crippen molar-refractivity contribution in [3.63, 3.8) is 0 Å². The van der Waals surface area contributed by atoms with Crippen LogP contribution in [-0.4, -0.2) is 53.1 Å². The highest BCUT2D eigenvalue weighted by Crippen LogP contribution is 2.42. The summed E-state index contributed by atoms with van der Waals surface area (Å²) in [5, 5.41) is 12.2. The van der Waals surface area contributed by atoms with E-state index in [0.29, 0.717) is 12.2 Å². The van der Waals surface area contributed by atoms with Crippen molar-refractivity contribution in [2.75, 3.05) is 26.9 Å². The van der Waals surface area contributed by atoms with Gasteiger partial charge in [-0.1, -0.05) is 18.2 Å². The molecule has 3 aromatic rings. The van der Waals surface area contributed by atoms with Gasteiger partial charge in [-0.2, -0.15) is 0 Å². The number of nitrogens with zero attached hydrogens (tertiary/aromatic N) is 2. The quantitative estimate of drug-likeness (QED) is 0.381. The highest BCUT2D eigenvalue weighted by molar-refractivity contribution is 6.46. The van der Waals surface area contributed by atoms with Crippen molar-refractivity contribution >= 4 is 28.4 Å². The molecule has 1 unspecified atom stereocenters. The van der Waals surface area contributed by atoms with Gasteiger partial charge in [0, 0.05) is 55.3 Å². The molecule has 164 valence electrons.